The predicted octanol–water partition coefficient (Wildman–Crippen LogP) is 2.01. The number of hydrogen-bond acceptors (Lipinski definition) is 7. The van der Waals surface area contributed by atoms with Gasteiger partial charge in [-0.1, -0.05) is 0 Å². The van der Waals surface area contributed by atoms with E-state index in [0.717, 1.165) is 16.5 Å². The zero-order valence-electron chi connectivity index (χ0n) is 12.8. The fourth-order valence-corrected chi connectivity index (χ4v) is 3.09. The van der Waals surface area contributed by atoms with E-state index in [4.69, 9.17) is 0 Å². The Morgan fingerprint density at radius 2 is 1.88 bits per heavy atom. The normalized spacial score (nSPS) is 11.1. The van der Waals surface area contributed by atoms with Crippen LogP contribution in [0, 0.1) is 0 Å². The molecular weight excluding hydrogens is 340 g/mol. The summed E-state index contributed by atoms with van der Waals surface area (Å²) in [6.45, 7) is 0. The number of anilines is 2. The molecule has 0 amide bonds. The quantitative estimate of drug-likeness (QED) is 0.542. The van der Waals surface area contributed by atoms with Gasteiger partial charge in [-0.05, 0) is 29.8 Å². The minimum Gasteiger partial charge on any atom is -0.325 e. The highest BCUT2D eigenvalue weighted by molar-refractivity contribution is 7.71. The summed E-state index contributed by atoms with van der Waals surface area (Å²) in [4.78, 5) is 16.4. The van der Waals surface area contributed by atoms with Gasteiger partial charge in [-0.3, -0.25) is 4.98 Å². The Kier molecular flexibility index (Phi) is 3.82. The lowest BCUT2D eigenvalue weighted by Crippen LogP contribution is -1.96. The van der Waals surface area contributed by atoms with Gasteiger partial charge >= 0.3 is 0 Å². The molecule has 8 nitrogen and oxygen atoms in total. The lowest BCUT2D eigenvalue weighted by molar-refractivity contribution is 0.608. The van der Waals surface area contributed by atoms with Gasteiger partial charge in [0.05, 0.1) is 11.7 Å². The third-order valence-corrected chi connectivity index (χ3v) is 4.38. The van der Waals surface area contributed by atoms with Crippen molar-refractivity contribution in [2.75, 3.05) is 5.32 Å². The van der Waals surface area contributed by atoms with Crippen molar-refractivity contribution in [3.8, 4) is 11.1 Å². The van der Waals surface area contributed by atoms with Crippen LogP contribution in [0.3, 0.4) is 0 Å². The first kappa shape index (κ1) is 15.2. The van der Waals surface area contributed by atoms with E-state index in [1.54, 1.807) is 30.7 Å². The second kappa shape index (κ2) is 6.29. The van der Waals surface area contributed by atoms with E-state index < -0.39 is 10.9 Å². The highest BCUT2D eigenvalue weighted by atomic mass is 32.2. The van der Waals surface area contributed by atoms with Gasteiger partial charge in [0.1, 0.15) is 18.0 Å². The number of thiol groups is 1. The van der Waals surface area contributed by atoms with Crippen LogP contribution in [0.2, 0.25) is 0 Å². The fourth-order valence-electron chi connectivity index (χ4n) is 2.58. The topological polar surface area (TPSA) is 103 Å². The first-order valence-electron chi connectivity index (χ1n) is 7.31. The summed E-state index contributed by atoms with van der Waals surface area (Å²) in [5, 5.41) is 3.90. The van der Waals surface area contributed by atoms with E-state index >= 15 is 0 Å². The molecule has 1 N–H and O–H groups in total. The molecule has 9 heteroatoms. The largest absolute Gasteiger partial charge is 0.325 e. The molecule has 0 saturated carbocycles. The molecule has 0 atom stereocenters. The molecule has 0 aliphatic heterocycles. The Balaban J connectivity index is 1.78. The molecule has 0 saturated heterocycles. The van der Waals surface area contributed by atoms with Crippen LogP contribution in [0.25, 0.3) is 22.0 Å². The summed E-state index contributed by atoms with van der Waals surface area (Å²) in [5.41, 5.74) is 2.22. The van der Waals surface area contributed by atoms with Crippen molar-refractivity contribution in [1.82, 2.24) is 23.9 Å². The van der Waals surface area contributed by atoms with Crippen molar-refractivity contribution in [2.45, 2.75) is 0 Å². The van der Waals surface area contributed by atoms with Gasteiger partial charge in [-0.15, -0.1) is 0 Å². The summed E-state index contributed by atoms with van der Waals surface area (Å²) >= 11 is 0. The Bertz CT molecular complexity index is 1120. The minimum absolute atomic E-state index is 0.538. The van der Waals surface area contributed by atoms with Crippen LogP contribution in [0.4, 0.5) is 11.6 Å². The standard InChI is InChI=1S/C16H12N6O2S/c23-25(24)22-6-3-12-13(8-18-9-14(12)22)11-1-5-19-16(7-11)21-15-2-4-17-10-20-15/h1-10,25H,(H,17,19,20,21). The highest BCUT2D eigenvalue weighted by Gasteiger charge is 2.10. The van der Waals surface area contributed by atoms with E-state index in [9.17, 15) is 8.42 Å². The molecule has 4 aromatic rings. The molecule has 0 aromatic carbocycles. The van der Waals surface area contributed by atoms with Gasteiger partial charge in [-0.2, -0.15) is 0 Å². The lowest BCUT2D eigenvalue weighted by atomic mass is 10.1. The molecule has 0 unspecified atom stereocenters. The number of fused-ring (bicyclic) bond motifs is 1. The van der Waals surface area contributed by atoms with Gasteiger partial charge < -0.3 is 5.32 Å². The maximum atomic E-state index is 11.3. The summed E-state index contributed by atoms with van der Waals surface area (Å²) in [6, 6.07) is 7.19. The Labute approximate surface area is 144 Å². The van der Waals surface area contributed by atoms with Crippen molar-refractivity contribution in [3.05, 3.63) is 61.6 Å². The summed E-state index contributed by atoms with van der Waals surface area (Å²) in [5.74, 6) is 1.24. The molecule has 0 spiro atoms. The fraction of sp³-hybridized carbons (Fsp3) is 0. The van der Waals surface area contributed by atoms with Gasteiger partial charge in [0.15, 0.2) is 0 Å². The smallest absolute Gasteiger partial charge is 0.228 e. The van der Waals surface area contributed by atoms with Crippen molar-refractivity contribution >= 4 is 33.4 Å². The van der Waals surface area contributed by atoms with Gasteiger partial charge in [0, 0.05) is 35.7 Å². The van der Waals surface area contributed by atoms with E-state index in [1.165, 1.54) is 22.7 Å². The van der Waals surface area contributed by atoms with E-state index in [0.29, 0.717) is 17.2 Å². The second-order valence-electron chi connectivity index (χ2n) is 5.17. The molecule has 0 aliphatic carbocycles. The van der Waals surface area contributed by atoms with E-state index in [2.05, 4.69) is 25.3 Å². The lowest BCUT2D eigenvalue weighted by Gasteiger charge is -2.07. The average molecular weight is 352 g/mol. The first-order chi connectivity index (χ1) is 12.2. The SMILES string of the molecule is O=[SH](=O)n1ccc2c(-c3ccnc(Nc4ccncn4)c3)cncc21. The number of pyridine rings is 2. The number of hydrogen-bond donors (Lipinski definition) is 2. The van der Waals surface area contributed by atoms with Crippen molar-refractivity contribution < 1.29 is 8.42 Å². The molecule has 0 radical (unpaired) electrons. The number of rotatable bonds is 4. The molecular formula is C16H12N6O2S. The first-order valence-corrected chi connectivity index (χ1v) is 8.44. The van der Waals surface area contributed by atoms with Crippen LogP contribution in [0.5, 0.6) is 0 Å². The van der Waals surface area contributed by atoms with Crippen LogP contribution in [0.15, 0.2) is 61.6 Å². The van der Waals surface area contributed by atoms with Crippen LogP contribution in [-0.4, -0.2) is 32.3 Å². The average Bonchev–Trinajstić information content (AvgIpc) is 3.07. The molecule has 0 bridgehead atoms. The molecule has 0 aliphatic rings. The number of nitrogens with one attached hydrogen (secondary N) is 1. The van der Waals surface area contributed by atoms with Gasteiger partial charge in [0.25, 0.3) is 0 Å². The third-order valence-electron chi connectivity index (χ3n) is 3.68. The number of nitrogens with zero attached hydrogens (tertiary/aromatic N) is 5. The summed E-state index contributed by atoms with van der Waals surface area (Å²) in [7, 11) is -2.74. The van der Waals surface area contributed by atoms with Gasteiger partial charge in [0.2, 0.25) is 10.9 Å². The van der Waals surface area contributed by atoms with E-state index in [-0.39, 0.29) is 0 Å². The number of aromatic nitrogens is 5. The highest BCUT2D eigenvalue weighted by Crippen LogP contribution is 2.29. The predicted molar refractivity (Wildman–Crippen MR) is 94.0 cm³/mol. The van der Waals surface area contributed by atoms with E-state index in [1.807, 2.05) is 12.1 Å². The van der Waals surface area contributed by atoms with Crippen LogP contribution in [-0.2, 0) is 10.9 Å². The Morgan fingerprint density at radius 1 is 0.960 bits per heavy atom. The molecule has 4 rings (SSSR count). The van der Waals surface area contributed by atoms with Crippen LogP contribution < -0.4 is 5.32 Å². The monoisotopic (exact) mass is 352 g/mol. The zero-order valence-corrected chi connectivity index (χ0v) is 13.7. The molecule has 4 aromatic heterocycles. The van der Waals surface area contributed by atoms with Crippen molar-refractivity contribution in [2.24, 2.45) is 0 Å². The molecule has 25 heavy (non-hydrogen) atoms. The molecule has 124 valence electrons. The second-order valence-corrected chi connectivity index (χ2v) is 6.07. The zero-order chi connectivity index (χ0) is 17.2. The Morgan fingerprint density at radius 3 is 2.68 bits per heavy atom. The Hall–Kier alpha value is -3.33. The van der Waals surface area contributed by atoms with Crippen LogP contribution in [0.1, 0.15) is 0 Å². The molecule has 4 heterocycles. The maximum absolute atomic E-state index is 11.3. The summed E-state index contributed by atoms with van der Waals surface area (Å²) in [6.07, 6.45) is 9.51. The minimum atomic E-state index is -2.74. The molecule has 0 fully saturated rings. The van der Waals surface area contributed by atoms with Crippen molar-refractivity contribution in [1.29, 1.82) is 0 Å². The maximum Gasteiger partial charge on any atom is 0.228 e. The van der Waals surface area contributed by atoms with Crippen molar-refractivity contribution in [3.63, 3.8) is 0 Å². The third kappa shape index (κ3) is 2.92. The van der Waals surface area contributed by atoms with Crippen LogP contribution >= 0.6 is 0 Å². The summed E-state index contributed by atoms with van der Waals surface area (Å²) < 4.78 is 23.8. The van der Waals surface area contributed by atoms with Gasteiger partial charge in [-0.25, -0.2) is 27.3 Å².